The molecule has 1 aromatic carbocycles. The van der Waals surface area contributed by atoms with Gasteiger partial charge in [0.2, 0.25) is 0 Å². The van der Waals surface area contributed by atoms with Gasteiger partial charge in [-0.25, -0.2) is 4.79 Å². The van der Waals surface area contributed by atoms with Crippen LogP contribution in [-0.2, 0) is 9.16 Å². The topological polar surface area (TPSA) is 35.5 Å². The Hall–Kier alpha value is -0.913. The standard InChI is InChI=1S/C18H27BrO3Si/c1-18(2,3)23(4,5)22-14-16(19)12-9-13-21-17(20)15-10-7-6-8-11-15/h6-8,10-12H,9,13-14H2,1-5H3/b16-12-. The van der Waals surface area contributed by atoms with Crippen LogP contribution in [-0.4, -0.2) is 27.5 Å². The van der Waals surface area contributed by atoms with Crippen molar-refractivity contribution in [3.8, 4) is 0 Å². The molecule has 0 saturated carbocycles. The molecule has 0 heterocycles. The van der Waals surface area contributed by atoms with Crippen LogP contribution in [0.5, 0.6) is 0 Å². The summed E-state index contributed by atoms with van der Waals surface area (Å²) >= 11 is 3.53. The van der Waals surface area contributed by atoms with Crippen LogP contribution in [0.4, 0.5) is 0 Å². The number of carbonyl (C=O) groups is 1. The lowest BCUT2D eigenvalue weighted by Gasteiger charge is -2.36. The molecule has 0 aliphatic heterocycles. The predicted molar refractivity (Wildman–Crippen MR) is 102 cm³/mol. The molecule has 0 atom stereocenters. The third-order valence-corrected chi connectivity index (χ3v) is 9.13. The highest BCUT2D eigenvalue weighted by atomic mass is 79.9. The molecule has 0 fully saturated rings. The van der Waals surface area contributed by atoms with Crippen molar-refractivity contribution in [1.82, 2.24) is 0 Å². The Morgan fingerprint density at radius 2 is 1.83 bits per heavy atom. The lowest BCUT2D eigenvalue weighted by molar-refractivity contribution is 0.0511. The van der Waals surface area contributed by atoms with Crippen LogP contribution in [0.2, 0.25) is 18.1 Å². The molecule has 0 aliphatic carbocycles. The van der Waals surface area contributed by atoms with Gasteiger partial charge in [-0.1, -0.05) is 61.0 Å². The molecule has 0 saturated heterocycles. The van der Waals surface area contributed by atoms with Crippen molar-refractivity contribution >= 4 is 30.2 Å². The van der Waals surface area contributed by atoms with Crippen molar-refractivity contribution < 1.29 is 14.0 Å². The summed E-state index contributed by atoms with van der Waals surface area (Å²) in [5, 5.41) is 0.200. The summed E-state index contributed by atoms with van der Waals surface area (Å²) in [5.74, 6) is -0.285. The van der Waals surface area contributed by atoms with Gasteiger partial charge in [0.1, 0.15) is 0 Å². The van der Waals surface area contributed by atoms with Crippen LogP contribution in [0.3, 0.4) is 0 Å². The first-order valence-corrected chi connectivity index (χ1v) is 11.5. The minimum Gasteiger partial charge on any atom is -0.462 e. The third-order valence-electron chi connectivity index (χ3n) is 4.10. The van der Waals surface area contributed by atoms with Gasteiger partial charge in [-0.2, -0.15) is 0 Å². The minimum atomic E-state index is -1.73. The van der Waals surface area contributed by atoms with Gasteiger partial charge in [-0.3, -0.25) is 0 Å². The Labute approximate surface area is 149 Å². The second-order valence-corrected chi connectivity index (χ2v) is 12.8. The lowest BCUT2D eigenvalue weighted by Crippen LogP contribution is -2.41. The van der Waals surface area contributed by atoms with E-state index < -0.39 is 8.32 Å². The molecule has 0 aliphatic rings. The zero-order chi connectivity index (χ0) is 17.5. The maximum absolute atomic E-state index is 11.8. The Morgan fingerprint density at radius 3 is 2.39 bits per heavy atom. The molecular weight excluding hydrogens is 372 g/mol. The molecule has 5 heteroatoms. The van der Waals surface area contributed by atoms with Crippen LogP contribution in [0.15, 0.2) is 40.9 Å². The summed E-state index contributed by atoms with van der Waals surface area (Å²) < 4.78 is 12.4. The SMILES string of the molecule is CC(C)(C)[Si](C)(C)OC/C(Br)=C/CCOC(=O)c1ccccc1. The highest BCUT2D eigenvalue weighted by molar-refractivity contribution is 9.11. The monoisotopic (exact) mass is 398 g/mol. The summed E-state index contributed by atoms with van der Waals surface area (Å²) in [6.07, 6.45) is 2.67. The molecule has 0 aromatic heterocycles. The van der Waals surface area contributed by atoms with Crippen LogP contribution in [0.1, 0.15) is 37.6 Å². The molecule has 1 rings (SSSR count). The quantitative estimate of drug-likeness (QED) is 0.343. The Balaban J connectivity index is 2.34. The van der Waals surface area contributed by atoms with Gasteiger partial charge in [-0.05, 0) is 30.3 Å². The van der Waals surface area contributed by atoms with E-state index >= 15 is 0 Å². The first kappa shape index (κ1) is 20.1. The second kappa shape index (κ2) is 8.80. The molecule has 0 spiro atoms. The smallest absolute Gasteiger partial charge is 0.338 e. The van der Waals surface area contributed by atoms with Crippen LogP contribution >= 0.6 is 15.9 Å². The van der Waals surface area contributed by atoms with Gasteiger partial charge in [0, 0.05) is 10.9 Å². The van der Waals surface area contributed by atoms with E-state index in [9.17, 15) is 4.79 Å². The highest BCUT2D eigenvalue weighted by Crippen LogP contribution is 2.36. The molecule has 0 bridgehead atoms. The molecule has 0 N–H and O–H groups in total. The zero-order valence-corrected chi connectivity index (χ0v) is 17.3. The maximum Gasteiger partial charge on any atom is 0.338 e. The Bertz CT molecular complexity index is 533. The molecule has 0 unspecified atom stereocenters. The highest BCUT2D eigenvalue weighted by Gasteiger charge is 2.37. The number of carbonyl (C=O) groups excluding carboxylic acids is 1. The Kier molecular flexibility index (Phi) is 7.71. The van der Waals surface area contributed by atoms with Gasteiger partial charge >= 0.3 is 5.97 Å². The number of esters is 1. The van der Waals surface area contributed by atoms with Crippen molar-refractivity contribution in [2.75, 3.05) is 13.2 Å². The molecule has 0 radical (unpaired) electrons. The number of rotatable bonds is 7. The summed E-state index contributed by atoms with van der Waals surface area (Å²) in [4.78, 5) is 11.8. The average Bonchev–Trinajstić information content (AvgIpc) is 2.49. The van der Waals surface area contributed by atoms with E-state index in [0.29, 0.717) is 25.2 Å². The largest absolute Gasteiger partial charge is 0.462 e. The second-order valence-electron chi connectivity index (χ2n) is 6.99. The Morgan fingerprint density at radius 1 is 1.22 bits per heavy atom. The number of benzene rings is 1. The van der Waals surface area contributed by atoms with E-state index in [0.717, 1.165) is 4.48 Å². The molecule has 23 heavy (non-hydrogen) atoms. The van der Waals surface area contributed by atoms with Crippen molar-refractivity contribution in [3.05, 3.63) is 46.5 Å². The van der Waals surface area contributed by atoms with E-state index in [4.69, 9.17) is 9.16 Å². The van der Waals surface area contributed by atoms with Gasteiger partial charge in [0.25, 0.3) is 0 Å². The zero-order valence-electron chi connectivity index (χ0n) is 14.7. The first-order valence-electron chi connectivity index (χ1n) is 7.84. The molecular formula is C18H27BrO3Si. The van der Waals surface area contributed by atoms with Crippen LogP contribution in [0.25, 0.3) is 0 Å². The van der Waals surface area contributed by atoms with Gasteiger partial charge in [0.15, 0.2) is 8.32 Å². The van der Waals surface area contributed by atoms with E-state index in [1.807, 2.05) is 24.3 Å². The fourth-order valence-corrected chi connectivity index (χ4v) is 3.05. The number of hydrogen-bond acceptors (Lipinski definition) is 3. The van der Waals surface area contributed by atoms with Gasteiger partial charge in [0.05, 0.1) is 18.8 Å². The van der Waals surface area contributed by atoms with E-state index in [1.165, 1.54) is 0 Å². The minimum absolute atomic E-state index is 0.200. The van der Waals surface area contributed by atoms with Crippen molar-refractivity contribution in [1.29, 1.82) is 0 Å². The number of halogens is 1. The number of ether oxygens (including phenoxy) is 1. The average molecular weight is 399 g/mol. The van der Waals surface area contributed by atoms with Gasteiger partial charge in [-0.15, -0.1) is 0 Å². The van der Waals surface area contributed by atoms with Crippen LogP contribution in [0, 0.1) is 0 Å². The normalized spacial score (nSPS) is 13.0. The fourth-order valence-electron chi connectivity index (χ4n) is 1.55. The summed E-state index contributed by atoms with van der Waals surface area (Å²) in [7, 11) is -1.73. The van der Waals surface area contributed by atoms with E-state index in [-0.39, 0.29) is 11.0 Å². The first-order chi connectivity index (χ1) is 10.6. The summed E-state index contributed by atoms with van der Waals surface area (Å²) in [6.45, 7) is 12.1. The maximum atomic E-state index is 11.8. The van der Waals surface area contributed by atoms with Crippen molar-refractivity contribution in [2.24, 2.45) is 0 Å². The van der Waals surface area contributed by atoms with Crippen LogP contribution < -0.4 is 0 Å². The fraction of sp³-hybridized carbons (Fsp3) is 0.500. The molecule has 1 aromatic rings. The predicted octanol–water partition coefficient (Wildman–Crippen LogP) is 5.53. The van der Waals surface area contributed by atoms with Crippen molar-refractivity contribution in [3.63, 3.8) is 0 Å². The molecule has 3 nitrogen and oxygen atoms in total. The van der Waals surface area contributed by atoms with E-state index in [2.05, 4.69) is 49.8 Å². The van der Waals surface area contributed by atoms with E-state index in [1.54, 1.807) is 12.1 Å². The third kappa shape index (κ3) is 7.02. The number of hydrogen-bond donors (Lipinski definition) is 0. The lowest BCUT2D eigenvalue weighted by atomic mass is 10.2. The summed E-state index contributed by atoms with van der Waals surface area (Å²) in [6, 6.07) is 9.03. The molecule has 128 valence electrons. The molecule has 0 amide bonds. The van der Waals surface area contributed by atoms with Crippen molar-refractivity contribution in [2.45, 2.75) is 45.3 Å². The van der Waals surface area contributed by atoms with Gasteiger partial charge < -0.3 is 9.16 Å². The summed E-state index contributed by atoms with van der Waals surface area (Å²) in [5.41, 5.74) is 0.580.